The predicted octanol–water partition coefficient (Wildman–Crippen LogP) is 3.76. The summed E-state index contributed by atoms with van der Waals surface area (Å²) in [6.07, 6.45) is -0.901. The lowest BCUT2D eigenvalue weighted by molar-refractivity contribution is -0.138. The van der Waals surface area contributed by atoms with Crippen LogP contribution in [0.5, 0.6) is 0 Å². The smallest absolute Gasteiger partial charge is 0.248 e. The second-order valence-corrected chi connectivity index (χ2v) is 4.98. The van der Waals surface area contributed by atoms with E-state index in [1.165, 1.54) is 12.5 Å². The molecule has 0 amide bonds. The second-order valence-electron chi connectivity index (χ2n) is 4.98. The second kappa shape index (κ2) is 5.92. The van der Waals surface area contributed by atoms with Crippen LogP contribution in [0, 0.1) is 0 Å². The van der Waals surface area contributed by atoms with Gasteiger partial charge in [0.1, 0.15) is 0 Å². The summed E-state index contributed by atoms with van der Waals surface area (Å²) in [5.74, 6) is 0. The number of nitrogens with zero attached hydrogens (tertiary/aromatic N) is 1. The summed E-state index contributed by atoms with van der Waals surface area (Å²) in [7, 11) is 0. The zero-order valence-corrected chi connectivity index (χ0v) is 11.0. The van der Waals surface area contributed by atoms with Gasteiger partial charge in [-0.15, -0.1) is 0 Å². The monoisotopic (exact) mass is 272 g/mol. The third kappa shape index (κ3) is 3.70. The van der Waals surface area contributed by atoms with Crippen LogP contribution in [-0.2, 0) is 6.18 Å². The maximum Gasteiger partial charge on any atom is 0.416 e. The van der Waals surface area contributed by atoms with Gasteiger partial charge in [-0.3, -0.25) is 0 Å². The van der Waals surface area contributed by atoms with Gasteiger partial charge < -0.3 is 0 Å². The maximum absolute atomic E-state index is 12.9. The van der Waals surface area contributed by atoms with Crippen LogP contribution < -0.4 is 5.43 Å². The number of hydrogen-bond donors (Lipinski definition) is 1. The molecule has 0 spiro atoms. The average molecular weight is 272 g/mol. The molecule has 5 heteroatoms. The Morgan fingerprint density at radius 2 is 1.74 bits per heavy atom. The summed E-state index contributed by atoms with van der Waals surface area (Å²) < 4.78 is 38.8. The topological polar surface area (TPSA) is 15.3 Å². The van der Waals surface area contributed by atoms with Gasteiger partial charge in [0, 0.05) is 19.1 Å². The van der Waals surface area contributed by atoms with E-state index in [4.69, 9.17) is 0 Å². The fourth-order valence-electron chi connectivity index (χ4n) is 2.50. The summed E-state index contributed by atoms with van der Waals surface area (Å²) in [4.78, 5) is 0. The van der Waals surface area contributed by atoms with Crippen molar-refractivity contribution in [1.29, 1.82) is 0 Å². The van der Waals surface area contributed by atoms with Crippen molar-refractivity contribution >= 4 is 0 Å². The number of alkyl halides is 3. The summed E-state index contributed by atoms with van der Waals surface area (Å²) >= 11 is 0. The summed E-state index contributed by atoms with van der Waals surface area (Å²) in [6.45, 7) is 3.58. The number of rotatable bonds is 3. The van der Waals surface area contributed by atoms with Crippen LogP contribution in [0.1, 0.15) is 43.4 Å². The number of piperidine rings is 1. The third-order valence-corrected chi connectivity index (χ3v) is 3.46. The number of hydrogen-bond acceptors (Lipinski definition) is 2. The molecule has 1 aliphatic heterocycles. The van der Waals surface area contributed by atoms with E-state index < -0.39 is 11.7 Å². The number of nitrogens with one attached hydrogen (secondary N) is 1. The standard InChI is InChI=1S/C14H19F3N2/c1-11(18-19-9-5-2-6-10-19)12-7-3-4-8-13(12)14(15,16)17/h3-4,7-8,11,18H,2,5-6,9-10H2,1H3. The molecule has 106 valence electrons. The molecule has 1 saturated heterocycles. The first-order valence-corrected chi connectivity index (χ1v) is 6.66. The molecule has 1 fully saturated rings. The zero-order valence-electron chi connectivity index (χ0n) is 11.0. The lowest BCUT2D eigenvalue weighted by atomic mass is 10.0. The Morgan fingerprint density at radius 3 is 2.37 bits per heavy atom. The van der Waals surface area contributed by atoms with Crippen molar-refractivity contribution in [1.82, 2.24) is 10.4 Å². The molecule has 1 unspecified atom stereocenters. The first kappa shape index (κ1) is 14.3. The number of halogens is 3. The third-order valence-electron chi connectivity index (χ3n) is 3.46. The molecule has 1 aliphatic rings. The molecule has 1 N–H and O–H groups in total. The lowest BCUT2D eigenvalue weighted by Crippen LogP contribution is -2.43. The first-order chi connectivity index (χ1) is 8.98. The highest BCUT2D eigenvalue weighted by Crippen LogP contribution is 2.34. The Kier molecular flexibility index (Phi) is 4.47. The molecule has 1 aromatic carbocycles. The fraction of sp³-hybridized carbons (Fsp3) is 0.571. The van der Waals surface area contributed by atoms with Crippen LogP contribution in [-0.4, -0.2) is 18.1 Å². The van der Waals surface area contributed by atoms with E-state index in [9.17, 15) is 13.2 Å². The Hall–Kier alpha value is -1.07. The van der Waals surface area contributed by atoms with Crippen molar-refractivity contribution in [2.24, 2.45) is 0 Å². The molecule has 0 aliphatic carbocycles. The number of hydrazine groups is 1. The quantitative estimate of drug-likeness (QED) is 0.901. The van der Waals surface area contributed by atoms with E-state index >= 15 is 0 Å². The van der Waals surface area contributed by atoms with Crippen molar-refractivity contribution in [3.63, 3.8) is 0 Å². The lowest BCUT2D eigenvalue weighted by Gasteiger charge is -2.31. The summed E-state index contributed by atoms with van der Waals surface area (Å²) in [5, 5.41) is 2.03. The Balaban J connectivity index is 2.12. The van der Waals surface area contributed by atoms with E-state index in [-0.39, 0.29) is 6.04 Å². The Morgan fingerprint density at radius 1 is 1.11 bits per heavy atom. The fourth-order valence-corrected chi connectivity index (χ4v) is 2.50. The Labute approximate surface area is 111 Å². The van der Waals surface area contributed by atoms with Crippen molar-refractivity contribution < 1.29 is 13.2 Å². The molecular weight excluding hydrogens is 253 g/mol. The van der Waals surface area contributed by atoms with Gasteiger partial charge in [0.25, 0.3) is 0 Å². The van der Waals surface area contributed by atoms with Crippen LogP contribution in [0.3, 0.4) is 0 Å². The normalized spacial score (nSPS) is 19.4. The van der Waals surface area contributed by atoms with Crippen molar-refractivity contribution in [3.8, 4) is 0 Å². The molecule has 0 bridgehead atoms. The minimum absolute atomic E-state index is 0.306. The van der Waals surface area contributed by atoms with Gasteiger partial charge in [-0.2, -0.15) is 13.2 Å². The largest absolute Gasteiger partial charge is 0.416 e. The van der Waals surface area contributed by atoms with Crippen LogP contribution in [0.4, 0.5) is 13.2 Å². The van der Waals surface area contributed by atoms with Crippen LogP contribution in [0.2, 0.25) is 0 Å². The highest BCUT2D eigenvalue weighted by Gasteiger charge is 2.34. The Bertz CT molecular complexity index is 411. The molecule has 0 saturated carbocycles. The van der Waals surface area contributed by atoms with Gasteiger partial charge in [0.15, 0.2) is 0 Å². The first-order valence-electron chi connectivity index (χ1n) is 6.66. The van der Waals surface area contributed by atoms with Gasteiger partial charge in [-0.05, 0) is 31.4 Å². The predicted molar refractivity (Wildman–Crippen MR) is 68.4 cm³/mol. The van der Waals surface area contributed by atoms with Crippen LogP contribution >= 0.6 is 0 Å². The highest BCUT2D eigenvalue weighted by atomic mass is 19.4. The molecule has 1 heterocycles. The van der Waals surface area contributed by atoms with Crippen LogP contribution in [0.15, 0.2) is 24.3 Å². The van der Waals surface area contributed by atoms with Crippen molar-refractivity contribution in [3.05, 3.63) is 35.4 Å². The minimum atomic E-state index is -4.30. The van der Waals surface area contributed by atoms with Gasteiger partial charge >= 0.3 is 6.18 Å². The number of benzene rings is 1. The molecule has 1 atom stereocenters. The molecule has 19 heavy (non-hydrogen) atoms. The zero-order chi connectivity index (χ0) is 13.9. The van der Waals surface area contributed by atoms with E-state index in [1.807, 2.05) is 5.01 Å². The molecule has 2 nitrogen and oxygen atoms in total. The highest BCUT2D eigenvalue weighted by molar-refractivity contribution is 5.31. The average Bonchev–Trinajstić information content (AvgIpc) is 2.39. The summed E-state index contributed by atoms with van der Waals surface area (Å²) in [5.41, 5.74) is 2.94. The van der Waals surface area contributed by atoms with Gasteiger partial charge in [-0.1, -0.05) is 24.6 Å². The molecule has 2 rings (SSSR count). The van der Waals surface area contributed by atoms with Gasteiger partial charge in [0.05, 0.1) is 5.56 Å². The van der Waals surface area contributed by atoms with Crippen LogP contribution in [0.25, 0.3) is 0 Å². The van der Waals surface area contributed by atoms with E-state index in [1.54, 1.807) is 19.1 Å². The maximum atomic E-state index is 12.9. The van der Waals surface area contributed by atoms with Gasteiger partial charge in [-0.25, -0.2) is 10.4 Å². The van der Waals surface area contributed by atoms with Gasteiger partial charge in [0.2, 0.25) is 0 Å². The molecule has 1 aromatic rings. The molecule has 0 aromatic heterocycles. The van der Waals surface area contributed by atoms with E-state index in [2.05, 4.69) is 5.43 Å². The molecular formula is C14H19F3N2. The van der Waals surface area contributed by atoms with E-state index in [0.29, 0.717) is 5.56 Å². The SMILES string of the molecule is CC(NN1CCCCC1)c1ccccc1C(F)(F)F. The minimum Gasteiger partial charge on any atom is -0.248 e. The van der Waals surface area contributed by atoms with Crippen molar-refractivity contribution in [2.75, 3.05) is 13.1 Å². The summed E-state index contributed by atoms with van der Waals surface area (Å²) in [6, 6.07) is 5.43. The van der Waals surface area contributed by atoms with Crippen molar-refractivity contribution in [2.45, 2.75) is 38.4 Å². The molecule has 0 radical (unpaired) electrons. The van der Waals surface area contributed by atoms with E-state index in [0.717, 1.165) is 32.0 Å².